The number of rotatable bonds is 5. The maximum Gasteiger partial charge on any atom is 0.306 e. The normalized spacial score (nSPS) is 17.2. The van der Waals surface area contributed by atoms with E-state index < -0.39 is 5.97 Å². The summed E-state index contributed by atoms with van der Waals surface area (Å²) in [6.45, 7) is 2.97. The fourth-order valence-corrected chi connectivity index (χ4v) is 1.66. The van der Waals surface area contributed by atoms with Gasteiger partial charge in [-0.2, -0.15) is 0 Å². The third-order valence-corrected chi connectivity index (χ3v) is 2.77. The van der Waals surface area contributed by atoms with E-state index in [9.17, 15) is 4.79 Å². The van der Waals surface area contributed by atoms with E-state index in [0.29, 0.717) is 19.6 Å². The van der Waals surface area contributed by atoms with Gasteiger partial charge in [0.05, 0.1) is 19.1 Å². The lowest BCUT2D eigenvalue weighted by Crippen LogP contribution is -2.38. The van der Waals surface area contributed by atoms with Crippen molar-refractivity contribution in [1.29, 1.82) is 0 Å². The molecule has 0 spiro atoms. The summed E-state index contributed by atoms with van der Waals surface area (Å²) in [6, 6.07) is 7.59. The Morgan fingerprint density at radius 3 is 2.94 bits per heavy atom. The Morgan fingerprint density at radius 2 is 2.35 bits per heavy atom. The number of benzene rings is 1. The first-order valence-electron chi connectivity index (χ1n) is 5.71. The number of hydrogen-bond donors (Lipinski definition) is 1. The molecule has 4 nitrogen and oxygen atoms in total. The Labute approximate surface area is 100 Å². The molecule has 1 saturated heterocycles. The summed E-state index contributed by atoms with van der Waals surface area (Å²) in [7, 11) is 0. The Hall–Kier alpha value is -1.55. The Bertz CT molecular complexity index is 398. The molecule has 0 saturated carbocycles. The minimum absolute atomic E-state index is 0.141. The van der Waals surface area contributed by atoms with Crippen LogP contribution >= 0.6 is 0 Å². The van der Waals surface area contributed by atoms with Crippen LogP contribution in [0.3, 0.4) is 0 Å². The van der Waals surface area contributed by atoms with Crippen molar-refractivity contribution in [3.63, 3.8) is 0 Å². The molecule has 92 valence electrons. The summed E-state index contributed by atoms with van der Waals surface area (Å²) in [5.41, 5.74) is 0.984. The van der Waals surface area contributed by atoms with E-state index in [1.807, 2.05) is 24.3 Å². The van der Waals surface area contributed by atoms with Crippen LogP contribution in [-0.2, 0) is 16.0 Å². The smallest absolute Gasteiger partial charge is 0.306 e. The number of ether oxygens (including phenoxy) is 2. The quantitative estimate of drug-likeness (QED) is 0.845. The van der Waals surface area contributed by atoms with E-state index in [1.165, 1.54) is 0 Å². The van der Waals surface area contributed by atoms with Crippen molar-refractivity contribution in [2.45, 2.75) is 19.4 Å². The van der Waals surface area contributed by atoms with Crippen LogP contribution < -0.4 is 4.74 Å². The lowest BCUT2D eigenvalue weighted by Gasteiger charge is -2.26. The van der Waals surface area contributed by atoms with Gasteiger partial charge in [0, 0.05) is 0 Å². The van der Waals surface area contributed by atoms with Crippen molar-refractivity contribution in [3.8, 4) is 5.75 Å². The molecule has 1 aliphatic rings. The molecule has 0 aliphatic carbocycles. The zero-order chi connectivity index (χ0) is 12.3. The van der Waals surface area contributed by atoms with Crippen LogP contribution in [-0.4, -0.2) is 30.4 Å². The van der Waals surface area contributed by atoms with Gasteiger partial charge in [-0.05, 0) is 24.1 Å². The van der Waals surface area contributed by atoms with E-state index in [4.69, 9.17) is 14.6 Å². The highest BCUT2D eigenvalue weighted by atomic mass is 16.6. The molecule has 17 heavy (non-hydrogen) atoms. The lowest BCUT2D eigenvalue weighted by molar-refractivity contribution is -0.141. The molecule has 1 aromatic rings. The highest BCUT2D eigenvalue weighted by molar-refractivity contribution is 5.69. The number of carboxylic acid groups (broad SMARTS) is 1. The molecule has 1 heterocycles. The SMILES string of the molecule is CC(Cc1cccc(OC2COC2)c1)C(=O)O. The summed E-state index contributed by atoms with van der Waals surface area (Å²) >= 11 is 0. The third-order valence-electron chi connectivity index (χ3n) is 2.77. The molecule has 1 aromatic carbocycles. The summed E-state index contributed by atoms with van der Waals surface area (Å²) in [5, 5.41) is 8.86. The number of aliphatic carboxylic acids is 1. The molecule has 0 amide bonds. The zero-order valence-electron chi connectivity index (χ0n) is 9.76. The van der Waals surface area contributed by atoms with Gasteiger partial charge >= 0.3 is 5.97 Å². The summed E-state index contributed by atoms with van der Waals surface area (Å²) in [4.78, 5) is 10.8. The first-order chi connectivity index (χ1) is 8.15. The monoisotopic (exact) mass is 236 g/mol. The molecular weight excluding hydrogens is 220 g/mol. The highest BCUT2D eigenvalue weighted by Gasteiger charge is 2.20. The predicted octanol–water partition coefficient (Wildman–Crippen LogP) is 1.73. The van der Waals surface area contributed by atoms with Crippen molar-refractivity contribution in [2.75, 3.05) is 13.2 Å². The molecule has 0 radical (unpaired) electrons. The number of carbonyl (C=O) groups is 1. The van der Waals surface area contributed by atoms with Crippen molar-refractivity contribution in [3.05, 3.63) is 29.8 Å². The maximum absolute atomic E-state index is 10.8. The molecule has 1 aliphatic heterocycles. The van der Waals surface area contributed by atoms with Crippen molar-refractivity contribution >= 4 is 5.97 Å². The van der Waals surface area contributed by atoms with Crippen LogP contribution in [0.5, 0.6) is 5.75 Å². The van der Waals surface area contributed by atoms with Gasteiger partial charge in [-0.15, -0.1) is 0 Å². The lowest BCUT2D eigenvalue weighted by atomic mass is 10.0. The average molecular weight is 236 g/mol. The van der Waals surface area contributed by atoms with E-state index in [2.05, 4.69) is 0 Å². The van der Waals surface area contributed by atoms with Gasteiger partial charge in [-0.25, -0.2) is 0 Å². The second-order valence-electron chi connectivity index (χ2n) is 4.37. The van der Waals surface area contributed by atoms with Crippen molar-refractivity contribution < 1.29 is 19.4 Å². The first kappa shape index (κ1) is 11.9. The Kier molecular flexibility index (Phi) is 3.64. The second-order valence-corrected chi connectivity index (χ2v) is 4.37. The fraction of sp³-hybridized carbons (Fsp3) is 0.462. The molecule has 1 N–H and O–H groups in total. The summed E-state index contributed by atoms with van der Waals surface area (Å²) < 4.78 is 10.7. The second kappa shape index (κ2) is 5.19. The van der Waals surface area contributed by atoms with E-state index in [0.717, 1.165) is 11.3 Å². The zero-order valence-corrected chi connectivity index (χ0v) is 9.76. The van der Waals surface area contributed by atoms with Crippen LogP contribution in [0, 0.1) is 5.92 Å². The van der Waals surface area contributed by atoms with Crippen molar-refractivity contribution in [1.82, 2.24) is 0 Å². The topological polar surface area (TPSA) is 55.8 Å². The predicted molar refractivity (Wildman–Crippen MR) is 62.2 cm³/mol. The summed E-state index contributed by atoms with van der Waals surface area (Å²) in [6.07, 6.45) is 0.662. The Morgan fingerprint density at radius 1 is 1.59 bits per heavy atom. The van der Waals surface area contributed by atoms with Gasteiger partial charge < -0.3 is 14.6 Å². The van der Waals surface area contributed by atoms with Gasteiger partial charge in [0.1, 0.15) is 11.9 Å². The third kappa shape index (κ3) is 3.20. The highest BCUT2D eigenvalue weighted by Crippen LogP contribution is 2.19. The minimum atomic E-state index is -0.774. The van der Waals surface area contributed by atoms with Crippen LogP contribution in [0.4, 0.5) is 0 Å². The molecule has 0 aromatic heterocycles. The van der Waals surface area contributed by atoms with E-state index in [-0.39, 0.29) is 12.0 Å². The van der Waals surface area contributed by atoms with Gasteiger partial charge in [0.2, 0.25) is 0 Å². The fourth-order valence-electron chi connectivity index (χ4n) is 1.66. The van der Waals surface area contributed by atoms with Crippen LogP contribution in [0.25, 0.3) is 0 Å². The minimum Gasteiger partial charge on any atom is -0.486 e. The Balaban J connectivity index is 1.97. The molecule has 4 heteroatoms. The molecule has 2 rings (SSSR count). The molecule has 1 fully saturated rings. The number of carboxylic acids is 1. The molecule has 0 bridgehead atoms. The van der Waals surface area contributed by atoms with Crippen LogP contribution in [0.1, 0.15) is 12.5 Å². The van der Waals surface area contributed by atoms with Crippen LogP contribution in [0.2, 0.25) is 0 Å². The standard InChI is InChI=1S/C13H16O4/c1-9(13(14)15)5-10-3-2-4-11(6-10)17-12-7-16-8-12/h2-4,6,9,12H,5,7-8H2,1H3,(H,14,15). The van der Waals surface area contributed by atoms with Crippen LogP contribution in [0.15, 0.2) is 24.3 Å². The van der Waals surface area contributed by atoms with E-state index in [1.54, 1.807) is 6.92 Å². The van der Waals surface area contributed by atoms with Gasteiger partial charge in [-0.3, -0.25) is 4.79 Å². The summed E-state index contributed by atoms with van der Waals surface area (Å²) in [5.74, 6) is -0.366. The maximum atomic E-state index is 10.8. The van der Waals surface area contributed by atoms with Crippen molar-refractivity contribution in [2.24, 2.45) is 5.92 Å². The van der Waals surface area contributed by atoms with Gasteiger partial charge in [-0.1, -0.05) is 19.1 Å². The largest absolute Gasteiger partial charge is 0.486 e. The first-order valence-corrected chi connectivity index (χ1v) is 5.71. The van der Waals surface area contributed by atoms with Gasteiger partial charge in [0.15, 0.2) is 0 Å². The number of hydrogen-bond acceptors (Lipinski definition) is 3. The molecule has 1 unspecified atom stereocenters. The average Bonchev–Trinajstić information content (AvgIpc) is 2.24. The molecular formula is C13H16O4. The molecule has 1 atom stereocenters. The van der Waals surface area contributed by atoms with Gasteiger partial charge in [0.25, 0.3) is 0 Å². The van der Waals surface area contributed by atoms with E-state index >= 15 is 0 Å².